The Balaban J connectivity index is 1.74. The highest BCUT2D eigenvalue weighted by Gasteiger charge is 2.24. The fourth-order valence-electron chi connectivity index (χ4n) is 3.36. The highest BCUT2D eigenvalue weighted by atomic mass is 16.2. The van der Waals surface area contributed by atoms with Crippen molar-refractivity contribution in [3.05, 3.63) is 0 Å². The van der Waals surface area contributed by atoms with Crippen LogP contribution >= 0.6 is 0 Å². The third-order valence-corrected chi connectivity index (χ3v) is 4.69. The Labute approximate surface area is 111 Å². The van der Waals surface area contributed by atoms with Gasteiger partial charge in [0.25, 0.3) is 0 Å². The molecule has 0 aromatic heterocycles. The van der Waals surface area contributed by atoms with Gasteiger partial charge in [-0.15, -0.1) is 0 Å². The van der Waals surface area contributed by atoms with Gasteiger partial charge in [-0.2, -0.15) is 0 Å². The van der Waals surface area contributed by atoms with Gasteiger partial charge in [-0.3, -0.25) is 4.79 Å². The largest absolute Gasteiger partial charge is 0.343 e. The number of piperidine rings is 1. The van der Waals surface area contributed by atoms with Crippen LogP contribution in [0.15, 0.2) is 0 Å². The van der Waals surface area contributed by atoms with E-state index < -0.39 is 0 Å². The fraction of sp³-hybridized carbons (Fsp3) is 0.933. The van der Waals surface area contributed by atoms with Crippen molar-refractivity contribution >= 4 is 5.91 Å². The second-order valence-corrected chi connectivity index (χ2v) is 6.01. The number of hydrogen-bond donors (Lipinski definition) is 1. The van der Waals surface area contributed by atoms with E-state index in [1.807, 2.05) is 7.05 Å². The molecule has 1 N–H and O–H groups in total. The molecule has 0 unspecified atom stereocenters. The van der Waals surface area contributed by atoms with E-state index in [1.165, 1.54) is 38.5 Å². The molecule has 3 heteroatoms. The minimum atomic E-state index is 0.413. The number of amides is 1. The third-order valence-electron chi connectivity index (χ3n) is 4.69. The zero-order valence-corrected chi connectivity index (χ0v) is 11.8. The minimum Gasteiger partial charge on any atom is -0.343 e. The van der Waals surface area contributed by atoms with E-state index in [9.17, 15) is 4.79 Å². The van der Waals surface area contributed by atoms with Gasteiger partial charge in [-0.1, -0.05) is 25.7 Å². The monoisotopic (exact) mass is 252 g/mol. The summed E-state index contributed by atoms with van der Waals surface area (Å²) in [6.45, 7) is 1.91. The molecular weight excluding hydrogens is 224 g/mol. The van der Waals surface area contributed by atoms with Crippen LogP contribution < -0.4 is 5.32 Å². The lowest BCUT2D eigenvalue weighted by molar-refractivity contribution is -0.133. The maximum atomic E-state index is 12.3. The zero-order chi connectivity index (χ0) is 12.8. The van der Waals surface area contributed by atoms with E-state index in [0.29, 0.717) is 17.9 Å². The first-order chi connectivity index (χ1) is 8.79. The molecule has 2 rings (SSSR count). The predicted octanol–water partition coefficient (Wildman–Crippen LogP) is 2.56. The molecule has 2 fully saturated rings. The van der Waals surface area contributed by atoms with Crippen molar-refractivity contribution in [2.75, 3.05) is 20.1 Å². The Morgan fingerprint density at radius 1 is 1.06 bits per heavy atom. The van der Waals surface area contributed by atoms with Gasteiger partial charge in [0.2, 0.25) is 5.91 Å². The van der Waals surface area contributed by atoms with Crippen molar-refractivity contribution < 1.29 is 4.79 Å². The second-order valence-electron chi connectivity index (χ2n) is 6.01. The summed E-state index contributed by atoms with van der Waals surface area (Å²) >= 11 is 0. The molecular formula is C15H28N2O. The average Bonchev–Trinajstić information content (AvgIpc) is 2.67. The molecule has 0 aromatic carbocycles. The molecule has 0 radical (unpaired) electrons. The molecule has 18 heavy (non-hydrogen) atoms. The standard InChI is InChI=1S/C15H28N2O/c1-16-14-8-10-17(11-9-14)15(18)12-13-6-4-2-3-5-7-13/h13-14,16H,2-12H2,1H3. The Kier molecular flexibility index (Phi) is 5.48. The summed E-state index contributed by atoms with van der Waals surface area (Å²) in [5.74, 6) is 1.08. The first-order valence-corrected chi connectivity index (χ1v) is 7.74. The van der Waals surface area contributed by atoms with E-state index >= 15 is 0 Å². The van der Waals surface area contributed by atoms with Gasteiger partial charge < -0.3 is 10.2 Å². The molecule has 104 valence electrons. The van der Waals surface area contributed by atoms with E-state index in [4.69, 9.17) is 0 Å². The van der Waals surface area contributed by atoms with Crippen LogP contribution in [0.2, 0.25) is 0 Å². The summed E-state index contributed by atoms with van der Waals surface area (Å²) in [7, 11) is 2.02. The summed E-state index contributed by atoms with van der Waals surface area (Å²) in [5, 5.41) is 3.32. The summed E-state index contributed by atoms with van der Waals surface area (Å²) in [5.41, 5.74) is 0. The number of carbonyl (C=O) groups is 1. The summed E-state index contributed by atoms with van der Waals surface area (Å²) in [4.78, 5) is 14.4. The number of hydrogen-bond acceptors (Lipinski definition) is 2. The molecule has 1 aliphatic heterocycles. The highest BCUT2D eigenvalue weighted by molar-refractivity contribution is 5.76. The minimum absolute atomic E-state index is 0.413. The van der Waals surface area contributed by atoms with Crippen molar-refractivity contribution in [2.45, 2.75) is 63.8 Å². The van der Waals surface area contributed by atoms with Crippen molar-refractivity contribution in [1.29, 1.82) is 0 Å². The Morgan fingerprint density at radius 2 is 1.67 bits per heavy atom. The predicted molar refractivity (Wildman–Crippen MR) is 74.5 cm³/mol. The molecule has 1 heterocycles. The number of carbonyl (C=O) groups excluding carboxylic acids is 1. The van der Waals surface area contributed by atoms with Crippen LogP contribution in [0.1, 0.15) is 57.8 Å². The van der Waals surface area contributed by atoms with Crippen LogP contribution in [0.4, 0.5) is 0 Å². The quantitative estimate of drug-likeness (QED) is 0.783. The average molecular weight is 252 g/mol. The molecule has 3 nitrogen and oxygen atoms in total. The smallest absolute Gasteiger partial charge is 0.222 e. The molecule has 1 aliphatic carbocycles. The van der Waals surface area contributed by atoms with Gasteiger partial charge in [0.05, 0.1) is 0 Å². The summed E-state index contributed by atoms with van der Waals surface area (Å²) in [6, 6.07) is 0.618. The van der Waals surface area contributed by atoms with Crippen LogP contribution in [0, 0.1) is 5.92 Å². The normalized spacial score (nSPS) is 23.9. The van der Waals surface area contributed by atoms with Crippen molar-refractivity contribution in [1.82, 2.24) is 10.2 Å². The van der Waals surface area contributed by atoms with E-state index in [0.717, 1.165) is 32.4 Å². The molecule has 1 saturated heterocycles. The first kappa shape index (κ1) is 13.9. The molecule has 0 aromatic rings. The zero-order valence-electron chi connectivity index (χ0n) is 11.8. The van der Waals surface area contributed by atoms with E-state index in [2.05, 4.69) is 10.2 Å². The highest BCUT2D eigenvalue weighted by Crippen LogP contribution is 2.26. The van der Waals surface area contributed by atoms with Crippen LogP contribution in [0.3, 0.4) is 0 Å². The van der Waals surface area contributed by atoms with Crippen LogP contribution in [-0.4, -0.2) is 37.0 Å². The lowest BCUT2D eigenvalue weighted by Gasteiger charge is -2.32. The number of nitrogens with one attached hydrogen (secondary N) is 1. The maximum Gasteiger partial charge on any atom is 0.222 e. The third kappa shape index (κ3) is 3.98. The fourth-order valence-corrected chi connectivity index (χ4v) is 3.36. The van der Waals surface area contributed by atoms with Crippen LogP contribution in [0.25, 0.3) is 0 Å². The summed E-state index contributed by atoms with van der Waals surface area (Å²) < 4.78 is 0. The molecule has 0 spiro atoms. The van der Waals surface area contributed by atoms with Crippen molar-refractivity contribution in [3.8, 4) is 0 Å². The van der Waals surface area contributed by atoms with Crippen molar-refractivity contribution in [2.24, 2.45) is 5.92 Å². The van der Waals surface area contributed by atoms with Crippen LogP contribution in [0.5, 0.6) is 0 Å². The number of likely N-dealkylation sites (tertiary alicyclic amines) is 1. The molecule has 0 atom stereocenters. The molecule has 2 aliphatic rings. The van der Waals surface area contributed by atoms with E-state index in [1.54, 1.807) is 0 Å². The topological polar surface area (TPSA) is 32.3 Å². The Morgan fingerprint density at radius 3 is 2.22 bits per heavy atom. The Hall–Kier alpha value is -0.570. The SMILES string of the molecule is CNC1CCN(C(=O)CC2CCCCCC2)CC1. The van der Waals surface area contributed by atoms with Crippen molar-refractivity contribution in [3.63, 3.8) is 0 Å². The molecule has 1 amide bonds. The van der Waals surface area contributed by atoms with Gasteiger partial charge >= 0.3 is 0 Å². The van der Waals surface area contributed by atoms with Gasteiger partial charge in [0.1, 0.15) is 0 Å². The molecule has 0 bridgehead atoms. The van der Waals surface area contributed by atoms with E-state index in [-0.39, 0.29) is 0 Å². The molecule has 1 saturated carbocycles. The summed E-state index contributed by atoms with van der Waals surface area (Å²) in [6.07, 6.45) is 11.0. The van der Waals surface area contributed by atoms with Gasteiger partial charge in [-0.25, -0.2) is 0 Å². The van der Waals surface area contributed by atoms with Crippen LogP contribution in [-0.2, 0) is 4.79 Å². The lowest BCUT2D eigenvalue weighted by atomic mass is 9.95. The Bertz CT molecular complexity index is 251. The maximum absolute atomic E-state index is 12.3. The number of rotatable bonds is 3. The van der Waals surface area contributed by atoms with Gasteiger partial charge in [0, 0.05) is 25.6 Å². The number of nitrogens with zero attached hydrogens (tertiary/aromatic N) is 1. The second kappa shape index (κ2) is 7.13. The lowest BCUT2D eigenvalue weighted by Crippen LogP contribution is -2.44. The van der Waals surface area contributed by atoms with Gasteiger partial charge in [-0.05, 0) is 38.6 Å². The first-order valence-electron chi connectivity index (χ1n) is 7.74. The van der Waals surface area contributed by atoms with Gasteiger partial charge in [0.15, 0.2) is 0 Å².